The molecule has 1 aromatic rings. The van der Waals surface area contributed by atoms with Gasteiger partial charge in [0.15, 0.2) is 0 Å². The maximum absolute atomic E-state index is 11.1. The molecule has 0 bridgehead atoms. The van der Waals surface area contributed by atoms with Gasteiger partial charge in [-0.05, 0) is 19.1 Å². The van der Waals surface area contributed by atoms with E-state index in [9.17, 15) is 4.79 Å². The van der Waals surface area contributed by atoms with E-state index in [-0.39, 0.29) is 12.5 Å². The Bertz CT molecular complexity index is 335. The van der Waals surface area contributed by atoms with Crippen molar-refractivity contribution < 1.29 is 9.53 Å². The molecule has 0 aliphatic heterocycles. The minimum absolute atomic E-state index is 0.218. The zero-order chi connectivity index (χ0) is 12.0. The molecule has 0 saturated heterocycles. The number of ether oxygens (including phenoxy) is 1. The second kappa shape index (κ2) is 6.32. The van der Waals surface area contributed by atoms with E-state index in [4.69, 9.17) is 4.74 Å². The molecule has 3 nitrogen and oxygen atoms in total. The molecule has 16 heavy (non-hydrogen) atoms. The maximum atomic E-state index is 11.1. The number of hydrogen-bond donors (Lipinski definition) is 1. The lowest BCUT2D eigenvalue weighted by Crippen LogP contribution is -2.22. The fourth-order valence-corrected chi connectivity index (χ4v) is 2.33. The molecule has 0 heterocycles. The zero-order valence-corrected chi connectivity index (χ0v) is 11.3. The fourth-order valence-electron chi connectivity index (χ4n) is 1.37. The smallest absolute Gasteiger partial charge is 0.325 e. The van der Waals surface area contributed by atoms with Gasteiger partial charge in [-0.2, -0.15) is 0 Å². The third kappa shape index (κ3) is 4.06. The molecular weight excluding hydrogens is 218 g/mol. The Balaban J connectivity index is 2.46. The third-order valence-electron chi connectivity index (χ3n) is 2.32. The van der Waals surface area contributed by atoms with Crippen molar-refractivity contribution in [2.24, 2.45) is 0 Å². The van der Waals surface area contributed by atoms with Crippen LogP contribution in [-0.2, 0) is 9.53 Å². The highest BCUT2D eigenvalue weighted by Crippen LogP contribution is 2.04. The predicted molar refractivity (Wildman–Crippen MR) is 70.1 cm³/mol. The van der Waals surface area contributed by atoms with Crippen molar-refractivity contribution in [3.8, 4) is 0 Å². The highest BCUT2D eigenvalue weighted by Gasteiger charge is 2.02. The number of nitrogens with one attached hydrogen (secondary N) is 1. The molecule has 0 aliphatic carbocycles. The summed E-state index contributed by atoms with van der Waals surface area (Å²) in [5.41, 5.74) is 0.964. The van der Waals surface area contributed by atoms with Crippen LogP contribution in [0.15, 0.2) is 24.3 Å². The summed E-state index contributed by atoms with van der Waals surface area (Å²) in [6.45, 7) is 7.05. The first-order valence-electron chi connectivity index (χ1n) is 5.63. The van der Waals surface area contributed by atoms with Gasteiger partial charge in [-0.3, -0.25) is 4.79 Å². The Hall–Kier alpha value is -1.29. The Morgan fingerprint density at radius 1 is 1.31 bits per heavy atom. The monoisotopic (exact) mass is 237 g/mol. The largest absolute Gasteiger partial charge is 0.465 e. The van der Waals surface area contributed by atoms with E-state index in [2.05, 4.69) is 30.5 Å². The summed E-state index contributed by atoms with van der Waals surface area (Å²) in [4.78, 5) is 11.1. The van der Waals surface area contributed by atoms with Gasteiger partial charge in [-0.25, -0.2) is 0 Å². The van der Waals surface area contributed by atoms with Crippen LogP contribution in [0.4, 0.5) is 5.69 Å². The van der Waals surface area contributed by atoms with Crippen LogP contribution in [0.3, 0.4) is 0 Å². The number of carbonyl (C=O) groups is 1. The van der Waals surface area contributed by atoms with Gasteiger partial charge in [-0.15, -0.1) is 0 Å². The van der Waals surface area contributed by atoms with Crippen LogP contribution < -0.4 is 10.5 Å². The Kier molecular flexibility index (Phi) is 5.05. The van der Waals surface area contributed by atoms with Gasteiger partial charge >= 0.3 is 5.97 Å². The molecule has 0 fully saturated rings. The molecule has 0 atom stereocenters. The van der Waals surface area contributed by atoms with Gasteiger partial charge in [0.2, 0.25) is 0 Å². The van der Waals surface area contributed by atoms with Crippen LogP contribution in [0.25, 0.3) is 0 Å². The predicted octanol–water partition coefficient (Wildman–Crippen LogP) is 1.36. The van der Waals surface area contributed by atoms with Crippen molar-refractivity contribution in [3.63, 3.8) is 0 Å². The first-order chi connectivity index (χ1) is 7.63. The molecule has 1 aromatic carbocycles. The highest BCUT2D eigenvalue weighted by atomic mass is 28.3. The minimum atomic E-state index is -0.720. The molecule has 0 spiro atoms. The van der Waals surface area contributed by atoms with Crippen LogP contribution in [0.5, 0.6) is 0 Å². The molecule has 0 saturated carbocycles. The van der Waals surface area contributed by atoms with Crippen LogP contribution in [0, 0.1) is 0 Å². The van der Waals surface area contributed by atoms with Crippen molar-refractivity contribution in [1.82, 2.24) is 0 Å². The van der Waals surface area contributed by atoms with E-state index in [1.54, 1.807) is 6.92 Å². The van der Waals surface area contributed by atoms with Gasteiger partial charge in [0.25, 0.3) is 0 Å². The van der Waals surface area contributed by atoms with Crippen LogP contribution >= 0.6 is 0 Å². The van der Waals surface area contributed by atoms with E-state index in [0.29, 0.717) is 6.61 Å². The summed E-state index contributed by atoms with van der Waals surface area (Å²) in [7, 11) is -0.720. The van der Waals surface area contributed by atoms with Gasteiger partial charge in [-0.1, -0.05) is 30.4 Å². The molecule has 0 aliphatic rings. The van der Waals surface area contributed by atoms with Crippen molar-refractivity contribution in [1.29, 1.82) is 0 Å². The van der Waals surface area contributed by atoms with Crippen LogP contribution in [-0.4, -0.2) is 27.9 Å². The summed E-state index contributed by atoms with van der Waals surface area (Å²) in [6, 6.07) is 8.29. The number of anilines is 1. The Morgan fingerprint density at radius 3 is 2.44 bits per heavy atom. The van der Waals surface area contributed by atoms with E-state index >= 15 is 0 Å². The number of esters is 1. The average molecular weight is 237 g/mol. The summed E-state index contributed by atoms with van der Waals surface area (Å²) >= 11 is 0. The van der Waals surface area contributed by atoms with Crippen LogP contribution in [0.1, 0.15) is 6.92 Å². The summed E-state index contributed by atoms with van der Waals surface area (Å²) < 4.78 is 4.83. The van der Waals surface area contributed by atoms with Gasteiger partial charge in [0, 0.05) is 5.69 Å². The summed E-state index contributed by atoms with van der Waals surface area (Å²) in [5.74, 6) is -0.218. The van der Waals surface area contributed by atoms with Gasteiger partial charge in [0.1, 0.15) is 6.54 Å². The van der Waals surface area contributed by atoms with E-state index in [0.717, 1.165) is 5.69 Å². The lowest BCUT2D eigenvalue weighted by atomic mass is 10.3. The van der Waals surface area contributed by atoms with Crippen molar-refractivity contribution in [2.75, 3.05) is 18.5 Å². The maximum Gasteiger partial charge on any atom is 0.325 e. The zero-order valence-electron chi connectivity index (χ0n) is 10.1. The molecule has 1 N–H and O–H groups in total. The molecular formula is C12H19NO2Si. The lowest BCUT2D eigenvalue weighted by Gasteiger charge is -2.08. The Morgan fingerprint density at radius 2 is 1.94 bits per heavy atom. The second-order valence-corrected chi connectivity index (χ2v) is 6.91. The standard InChI is InChI=1S/C12H19NO2Si/c1-4-15-12(14)9-13-10-5-7-11(8-6-10)16(2)3/h5-8,13,16H,4,9H2,1-3H3. The molecule has 0 amide bonds. The number of benzene rings is 1. The first-order valence-corrected chi connectivity index (χ1v) is 8.51. The molecule has 0 unspecified atom stereocenters. The van der Waals surface area contributed by atoms with Crippen LogP contribution in [0.2, 0.25) is 13.1 Å². The van der Waals surface area contributed by atoms with E-state index in [1.807, 2.05) is 12.1 Å². The number of carbonyl (C=O) groups excluding carboxylic acids is 1. The lowest BCUT2D eigenvalue weighted by molar-refractivity contribution is -0.140. The number of rotatable bonds is 5. The highest BCUT2D eigenvalue weighted by molar-refractivity contribution is 6.70. The quantitative estimate of drug-likeness (QED) is 0.621. The van der Waals surface area contributed by atoms with Crippen molar-refractivity contribution >= 4 is 25.6 Å². The molecule has 88 valence electrons. The molecule has 1 rings (SSSR count). The fraction of sp³-hybridized carbons (Fsp3) is 0.417. The molecule has 0 aromatic heterocycles. The number of hydrogen-bond acceptors (Lipinski definition) is 3. The van der Waals surface area contributed by atoms with Gasteiger partial charge in [0.05, 0.1) is 15.4 Å². The third-order valence-corrected chi connectivity index (χ3v) is 4.04. The second-order valence-electron chi connectivity index (χ2n) is 3.94. The average Bonchev–Trinajstić information content (AvgIpc) is 2.27. The van der Waals surface area contributed by atoms with Crippen molar-refractivity contribution in [2.45, 2.75) is 20.0 Å². The van der Waals surface area contributed by atoms with Gasteiger partial charge < -0.3 is 10.1 Å². The normalized spacial score (nSPS) is 10.2. The van der Waals surface area contributed by atoms with Crippen molar-refractivity contribution in [3.05, 3.63) is 24.3 Å². The minimum Gasteiger partial charge on any atom is -0.465 e. The SMILES string of the molecule is CCOC(=O)CNc1ccc([SiH](C)C)cc1. The first kappa shape index (κ1) is 12.8. The van der Waals surface area contributed by atoms with E-state index < -0.39 is 8.80 Å². The van der Waals surface area contributed by atoms with E-state index in [1.165, 1.54) is 5.19 Å². The Labute approximate surface area is 98.4 Å². The molecule has 0 radical (unpaired) electrons. The topological polar surface area (TPSA) is 38.3 Å². The summed E-state index contributed by atoms with van der Waals surface area (Å²) in [6.07, 6.45) is 0. The molecule has 4 heteroatoms. The summed E-state index contributed by atoms with van der Waals surface area (Å²) in [5, 5.41) is 4.47.